The molecule has 3 nitrogen and oxygen atoms in total. The van der Waals surface area contributed by atoms with E-state index < -0.39 is 12.1 Å². The average molecular weight is 245 g/mol. The summed E-state index contributed by atoms with van der Waals surface area (Å²) < 4.78 is 0.766. The molecular formula is C9H9BrO3. The third-order valence-electron chi connectivity index (χ3n) is 1.61. The van der Waals surface area contributed by atoms with Crippen molar-refractivity contribution in [3.63, 3.8) is 0 Å². The Kier molecular flexibility index (Phi) is 3.06. The standard InChI is InChI=1S/C9H9BrO3/c1-5-2-6(4-7(10)3-5)8(11)9(12)13/h2-4,8,11H,1H3,(H,12,13)/t8-/m0/s1. The van der Waals surface area contributed by atoms with Crippen LogP contribution in [0.25, 0.3) is 0 Å². The highest BCUT2D eigenvalue weighted by Gasteiger charge is 2.15. The van der Waals surface area contributed by atoms with Crippen molar-refractivity contribution in [3.05, 3.63) is 33.8 Å². The van der Waals surface area contributed by atoms with Crippen molar-refractivity contribution >= 4 is 21.9 Å². The van der Waals surface area contributed by atoms with Gasteiger partial charge in [-0.25, -0.2) is 4.79 Å². The summed E-state index contributed by atoms with van der Waals surface area (Å²) in [5, 5.41) is 17.8. The van der Waals surface area contributed by atoms with E-state index in [0.29, 0.717) is 5.56 Å². The maximum atomic E-state index is 10.5. The molecule has 0 aliphatic rings. The second-order valence-corrected chi connectivity index (χ2v) is 3.72. The Balaban J connectivity index is 3.07. The molecule has 1 aromatic rings. The van der Waals surface area contributed by atoms with Gasteiger partial charge in [-0.05, 0) is 30.2 Å². The lowest BCUT2D eigenvalue weighted by atomic mass is 10.1. The number of aliphatic carboxylic acids is 1. The topological polar surface area (TPSA) is 57.5 Å². The second kappa shape index (κ2) is 3.89. The predicted molar refractivity (Wildman–Crippen MR) is 51.5 cm³/mol. The number of rotatable bonds is 2. The summed E-state index contributed by atoms with van der Waals surface area (Å²) in [6.45, 7) is 1.84. The molecule has 0 saturated heterocycles. The van der Waals surface area contributed by atoms with E-state index in [1.54, 1.807) is 12.1 Å². The summed E-state index contributed by atoms with van der Waals surface area (Å²) >= 11 is 3.23. The van der Waals surface area contributed by atoms with Gasteiger partial charge in [0, 0.05) is 4.47 Å². The smallest absolute Gasteiger partial charge is 0.337 e. The van der Waals surface area contributed by atoms with Crippen molar-refractivity contribution in [1.82, 2.24) is 0 Å². The number of hydrogen-bond acceptors (Lipinski definition) is 2. The lowest BCUT2D eigenvalue weighted by molar-refractivity contribution is -0.146. The number of carboxylic acids is 1. The van der Waals surface area contributed by atoms with E-state index in [1.165, 1.54) is 0 Å². The van der Waals surface area contributed by atoms with Crippen LogP contribution in [0.1, 0.15) is 17.2 Å². The van der Waals surface area contributed by atoms with Crippen molar-refractivity contribution < 1.29 is 15.0 Å². The van der Waals surface area contributed by atoms with Crippen molar-refractivity contribution in [2.45, 2.75) is 13.0 Å². The van der Waals surface area contributed by atoms with E-state index in [4.69, 9.17) is 5.11 Å². The number of carboxylic acid groups (broad SMARTS) is 1. The van der Waals surface area contributed by atoms with Gasteiger partial charge in [-0.2, -0.15) is 0 Å². The van der Waals surface area contributed by atoms with Gasteiger partial charge in [0.1, 0.15) is 0 Å². The molecule has 0 aromatic heterocycles. The fourth-order valence-corrected chi connectivity index (χ4v) is 1.69. The third-order valence-corrected chi connectivity index (χ3v) is 2.07. The number of aryl methyl sites for hydroxylation is 1. The number of aliphatic hydroxyl groups is 1. The highest BCUT2D eigenvalue weighted by Crippen LogP contribution is 2.20. The quantitative estimate of drug-likeness (QED) is 0.836. The first-order valence-electron chi connectivity index (χ1n) is 3.68. The van der Waals surface area contributed by atoms with Gasteiger partial charge in [-0.3, -0.25) is 0 Å². The molecule has 1 atom stereocenters. The molecule has 0 bridgehead atoms. The van der Waals surface area contributed by atoms with Crippen molar-refractivity contribution in [2.75, 3.05) is 0 Å². The Bertz CT molecular complexity index is 315. The zero-order chi connectivity index (χ0) is 10.0. The molecule has 0 aliphatic heterocycles. The van der Waals surface area contributed by atoms with Crippen LogP contribution in [-0.4, -0.2) is 16.2 Å². The van der Waals surface area contributed by atoms with Crippen molar-refractivity contribution in [3.8, 4) is 0 Å². The summed E-state index contributed by atoms with van der Waals surface area (Å²) in [6, 6.07) is 5.08. The van der Waals surface area contributed by atoms with Crippen molar-refractivity contribution in [2.24, 2.45) is 0 Å². The van der Waals surface area contributed by atoms with E-state index in [0.717, 1.165) is 10.0 Å². The summed E-state index contributed by atoms with van der Waals surface area (Å²) in [4.78, 5) is 10.5. The Morgan fingerprint density at radius 2 is 2.08 bits per heavy atom. The first-order valence-corrected chi connectivity index (χ1v) is 4.48. The molecule has 13 heavy (non-hydrogen) atoms. The first kappa shape index (κ1) is 10.2. The summed E-state index contributed by atoms with van der Waals surface area (Å²) in [7, 11) is 0. The van der Waals surface area contributed by atoms with E-state index in [2.05, 4.69) is 15.9 Å². The molecule has 0 fully saturated rings. The number of halogens is 1. The Morgan fingerprint density at radius 3 is 2.54 bits per heavy atom. The highest BCUT2D eigenvalue weighted by molar-refractivity contribution is 9.10. The minimum atomic E-state index is -1.45. The van der Waals surface area contributed by atoms with Gasteiger partial charge in [0.05, 0.1) is 0 Å². The lowest BCUT2D eigenvalue weighted by Crippen LogP contribution is -2.10. The zero-order valence-corrected chi connectivity index (χ0v) is 8.58. The molecule has 4 heteroatoms. The Morgan fingerprint density at radius 1 is 1.46 bits per heavy atom. The molecule has 0 spiro atoms. The van der Waals surface area contributed by atoms with Crippen molar-refractivity contribution in [1.29, 1.82) is 0 Å². The number of benzene rings is 1. The summed E-state index contributed by atoms with van der Waals surface area (Å²) in [6.07, 6.45) is -1.45. The minimum Gasteiger partial charge on any atom is -0.479 e. The molecule has 0 aliphatic carbocycles. The molecule has 70 valence electrons. The molecule has 0 amide bonds. The van der Waals surface area contributed by atoms with E-state index in [1.807, 2.05) is 13.0 Å². The van der Waals surface area contributed by atoms with Crippen LogP contribution in [0.3, 0.4) is 0 Å². The molecule has 1 rings (SSSR count). The molecule has 2 N–H and O–H groups in total. The molecule has 0 unspecified atom stereocenters. The number of hydrogen-bond donors (Lipinski definition) is 2. The Hall–Kier alpha value is -0.870. The van der Waals surface area contributed by atoms with Crippen LogP contribution in [-0.2, 0) is 4.79 Å². The average Bonchev–Trinajstić information content (AvgIpc) is 2.01. The van der Waals surface area contributed by atoms with Crippen LogP contribution in [0.5, 0.6) is 0 Å². The van der Waals surface area contributed by atoms with Crippen LogP contribution in [0.2, 0.25) is 0 Å². The fraction of sp³-hybridized carbons (Fsp3) is 0.222. The third kappa shape index (κ3) is 2.54. The van der Waals surface area contributed by atoms with Gasteiger partial charge in [0.25, 0.3) is 0 Å². The zero-order valence-electron chi connectivity index (χ0n) is 6.99. The summed E-state index contributed by atoms with van der Waals surface area (Å²) in [5.41, 5.74) is 1.30. The molecule has 0 heterocycles. The maximum Gasteiger partial charge on any atom is 0.337 e. The van der Waals surface area contributed by atoms with Crippen LogP contribution >= 0.6 is 15.9 Å². The Labute approximate surface area is 84.1 Å². The second-order valence-electron chi connectivity index (χ2n) is 2.80. The molecule has 0 saturated carbocycles. The minimum absolute atomic E-state index is 0.388. The highest BCUT2D eigenvalue weighted by atomic mass is 79.9. The normalized spacial score (nSPS) is 12.5. The van der Waals surface area contributed by atoms with Gasteiger partial charge in [0.15, 0.2) is 6.10 Å². The maximum absolute atomic E-state index is 10.5. The van der Waals surface area contributed by atoms with Crippen LogP contribution in [0.4, 0.5) is 0 Å². The monoisotopic (exact) mass is 244 g/mol. The van der Waals surface area contributed by atoms with Crippen LogP contribution in [0.15, 0.2) is 22.7 Å². The van der Waals surface area contributed by atoms with Crippen LogP contribution < -0.4 is 0 Å². The molecular weight excluding hydrogens is 236 g/mol. The molecule has 0 radical (unpaired) electrons. The number of aliphatic hydroxyl groups excluding tert-OH is 1. The van der Waals surface area contributed by atoms with Gasteiger partial charge in [-0.15, -0.1) is 0 Å². The van der Waals surface area contributed by atoms with Crippen LogP contribution in [0, 0.1) is 6.92 Å². The first-order chi connectivity index (χ1) is 6.00. The fourth-order valence-electron chi connectivity index (χ4n) is 1.07. The van der Waals surface area contributed by atoms with E-state index >= 15 is 0 Å². The predicted octanol–water partition coefficient (Wildman–Crippen LogP) is 1.88. The van der Waals surface area contributed by atoms with Gasteiger partial charge >= 0.3 is 5.97 Å². The largest absolute Gasteiger partial charge is 0.479 e. The van der Waals surface area contributed by atoms with Gasteiger partial charge in [0.2, 0.25) is 0 Å². The SMILES string of the molecule is Cc1cc(Br)cc([C@H](O)C(=O)O)c1. The molecule has 1 aromatic carbocycles. The van der Waals surface area contributed by atoms with E-state index in [-0.39, 0.29) is 0 Å². The van der Waals surface area contributed by atoms with Gasteiger partial charge < -0.3 is 10.2 Å². The summed E-state index contributed by atoms with van der Waals surface area (Å²) in [5.74, 6) is -1.24. The lowest BCUT2D eigenvalue weighted by Gasteiger charge is -2.07. The van der Waals surface area contributed by atoms with Gasteiger partial charge in [-0.1, -0.05) is 22.0 Å². The van der Waals surface area contributed by atoms with E-state index in [9.17, 15) is 9.90 Å². The number of carbonyl (C=O) groups is 1.